The van der Waals surface area contributed by atoms with Crippen LogP contribution in [0.2, 0.25) is 0 Å². The third-order valence-electron chi connectivity index (χ3n) is 5.65. The van der Waals surface area contributed by atoms with Crippen molar-refractivity contribution >= 4 is 39.8 Å². The Kier molecular flexibility index (Phi) is 6.13. The van der Waals surface area contributed by atoms with Crippen LogP contribution in [-0.2, 0) is 4.79 Å². The molecule has 9 nitrogen and oxygen atoms in total. The van der Waals surface area contributed by atoms with Gasteiger partial charge in [0.2, 0.25) is 5.91 Å². The Morgan fingerprint density at radius 1 is 1.28 bits per heavy atom. The van der Waals surface area contributed by atoms with Crippen LogP contribution in [0.4, 0.5) is 16.6 Å². The van der Waals surface area contributed by atoms with Gasteiger partial charge in [-0.05, 0) is 31.9 Å². The molecule has 1 aromatic carbocycles. The average Bonchev–Trinajstić information content (AvgIpc) is 3.54. The molecule has 1 aliphatic heterocycles. The number of aromatic nitrogens is 3. The molecule has 3 aromatic rings. The van der Waals surface area contributed by atoms with Crippen LogP contribution in [0.15, 0.2) is 30.6 Å². The zero-order valence-corrected chi connectivity index (χ0v) is 19.1. The first-order valence-electron chi connectivity index (χ1n) is 10.5. The van der Waals surface area contributed by atoms with Gasteiger partial charge in [0.25, 0.3) is 5.91 Å². The fraction of sp³-hybridized carbons (Fsp3) is 0.364. The van der Waals surface area contributed by atoms with Crippen molar-refractivity contribution in [3.05, 3.63) is 46.6 Å². The minimum absolute atomic E-state index is 0.137. The molecule has 32 heavy (non-hydrogen) atoms. The smallest absolute Gasteiger partial charge is 0.267 e. The summed E-state index contributed by atoms with van der Waals surface area (Å²) in [6.45, 7) is 6.93. The molecule has 0 saturated carbocycles. The summed E-state index contributed by atoms with van der Waals surface area (Å²) < 4.78 is 1.87. The van der Waals surface area contributed by atoms with E-state index < -0.39 is 0 Å². The molecule has 1 fully saturated rings. The normalized spacial score (nSPS) is 15.7. The van der Waals surface area contributed by atoms with Gasteiger partial charge >= 0.3 is 0 Å². The third kappa shape index (κ3) is 4.45. The van der Waals surface area contributed by atoms with Gasteiger partial charge in [0.05, 0.1) is 17.9 Å². The number of anilines is 3. The first-order valence-corrected chi connectivity index (χ1v) is 11.3. The third-order valence-corrected chi connectivity index (χ3v) is 6.56. The Bertz CT molecular complexity index is 1150. The van der Waals surface area contributed by atoms with Crippen LogP contribution >= 0.6 is 11.3 Å². The first-order chi connectivity index (χ1) is 15.4. The van der Waals surface area contributed by atoms with Gasteiger partial charge < -0.3 is 20.6 Å². The molecule has 0 unspecified atom stereocenters. The highest BCUT2D eigenvalue weighted by molar-refractivity contribution is 7.17. The second-order valence-corrected chi connectivity index (χ2v) is 8.86. The molecule has 168 valence electrons. The summed E-state index contributed by atoms with van der Waals surface area (Å²) in [5, 5.41) is 21.0. The largest absolute Gasteiger partial charge is 0.508 e. The van der Waals surface area contributed by atoms with Crippen LogP contribution in [0.1, 0.15) is 46.6 Å². The Morgan fingerprint density at radius 3 is 2.88 bits per heavy atom. The van der Waals surface area contributed by atoms with Crippen molar-refractivity contribution in [3.8, 4) is 5.75 Å². The zero-order valence-electron chi connectivity index (χ0n) is 18.3. The van der Waals surface area contributed by atoms with E-state index in [1.807, 2.05) is 35.7 Å². The molecule has 1 aliphatic rings. The van der Waals surface area contributed by atoms with Crippen molar-refractivity contribution in [1.29, 1.82) is 0 Å². The zero-order chi connectivity index (χ0) is 22.8. The molecule has 4 rings (SSSR count). The highest BCUT2D eigenvalue weighted by atomic mass is 32.1. The number of hydrogen-bond donors (Lipinski definition) is 3. The van der Waals surface area contributed by atoms with Crippen LogP contribution < -0.4 is 10.6 Å². The number of phenolic OH excluding ortho intramolecular Hbond substituents is 1. The number of aryl methyl sites for hydroxylation is 1. The molecule has 0 spiro atoms. The van der Waals surface area contributed by atoms with Crippen molar-refractivity contribution in [1.82, 2.24) is 19.7 Å². The summed E-state index contributed by atoms with van der Waals surface area (Å²) in [4.78, 5) is 31.2. The lowest BCUT2D eigenvalue weighted by Gasteiger charge is -2.15. The van der Waals surface area contributed by atoms with Crippen molar-refractivity contribution in [2.45, 2.75) is 39.7 Å². The van der Waals surface area contributed by atoms with Crippen molar-refractivity contribution in [2.75, 3.05) is 23.7 Å². The highest BCUT2D eigenvalue weighted by Crippen LogP contribution is 2.30. The van der Waals surface area contributed by atoms with E-state index in [2.05, 4.69) is 20.7 Å². The molecule has 0 aliphatic carbocycles. The number of rotatable bonds is 6. The number of aromatic hydroxyl groups is 1. The minimum Gasteiger partial charge on any atom is -0.508 e. The SMILES string of the molecule is CCC(=O)N1CC[C@@H](n2ccc(Nc3ncc(C(=O)Nc4c(C)ccc(O)c4C)s3)n2)C1. The molecular formula is C22H26N6O3S. The van der Waals surface area contributed by atoms with Gasteiger partial charge in [-0.3, -0.25) is 14.3 Å². The summed E-state index contributed by atoms with van der Waals surface area (Å²) in [5.74, 6) is 0.649. The van der Waals surface area contributed by atoms with Crippen molar-refractivity contribution in [3.63, 3.8) is 0 Å². The van der Waals surface area contributed by atoms with Crippen LogP contribution in [0.25, 0.3) is 0 Å². The number of benzene rings is 1. The van der Waals surface area contributed by atoms with Gasteiger partial charge in [-0.25, -0.2) is 4.98 Å². The number of amides is 2. The Labute approximate surface area is 190 Å². The molecule has 3 heterocycles. The van der Waals surface area contributed by atoms with E-state index in [0.29, 0.717) is 40.0 Å². The predicted octanol–water partition coefficient (Wildman–Crippen LogP) is 3.84. The number of phenols is 1. The number of nitrogens with zero attached hydrogens (tertiary/aromatic N) is 4. The fourth-order valence-electron chi connectivity index (χ4n) is 3.77. The molecule has 0 bridgehead atoms. The number of nitrogens with one attached hydrogen (secondary N) is 2. The summed E-state index contributed by atoms with van der Waals surface area (Å²) in [6, 6.07) is 5.38. The van der Waals surface area contributed by atoms with Gasteiger partial charge in [0, 0.05) is 37.3 Å². The lowest BCUT2D eigenvalue weighted by Crippen LogP contribution is -2.28. The number of hydrogen-bond acceptors (Lipinski definition) is 7. The Balaban J connectivity index is 1.40. The first kappa shape index (κ1) is 21.8. The molecule has 2 aromatic heterocycles. The lowest BCUT2D eigenvalue weighted by atomic mass is 10.1. The number of carbonyl (C=O) groups excluding carboxylic acids is 2. The van der Waals surface area contributed by atoms with Crippen LogP contribution in [0.3, 0.4) is 0 Å². The van der Waals surface area contributed by atoms with Crippen LogP contribution in [0, 0.1) is 13.8 Å². The second-order valence-electron chi connectivity index (χ2n) is 7.83. The van der Waals surface area contributed by atoms with Gasteiger partial charge in [-0.1, -0.05) is 24.3 Å². The van der Waals surface area contributed by atoms with E-state index in [9.17, 15) is 14.7 Å². The van der Waals surface area contributed by atoms with Gasteiger partial charge in [-0.2, -0.15) is 5.10 Å². The summed E-state index contributed by atoms with van der Waals surface area (Å²) in [5.41, 5.74) is 2.09. The van der Waals surface area contributed by atoms with E-state index in [0.717, 1.165) is 18.5 Å². The van der Waals surface area contributed by atoms with E-state index >= 15 is 0 Å². The van der Waals surface area contributed by atoms with Crippen molar-refractivity contribution in [2.24, 2.45) is 0 Å². The minimum atomic E-state index is -0.287. The van der Waals surface area contributed by atoms with Crippen molar-refractivity contribution < 1.29 is 14.7 Å². The maximum atomic E-state index is 12.7. The molecule has 2 amide bonds. The molecule has 1 atom stereocenters. The van der Waals surface area contributed by atoms with Crippen LogP contribution in [0.5, 0.6) is 5.75 Å². The Morgan fingerprint density at radius 2 is 2.09 bits per heavy atom. The molecule has 0 radical (unpaired) electrons. The summed E-state index contributed by atoms with van der Waals surface area (Å²) in [7, 11) is 0. The lowest BCUT2D eigenvalue weighted by molar-refractivity contribution is -0.129. The molecular weight excluding hydrogens is 428 g/mol. The predicted molar refractivity (Wildman–Crippen MR) is 124 cm³/mol. The van der Waals surface area contributed by atoms with E-state index in [4.69, 9.17) is 0 Å². The standard InChI is InChI=1S/C22H26N6O3S/c1-4-19(30)27-9-7-15(12-27)28-10-8-18(26-28)24-22-23-11-17(32-22)21(31)25-20-13(2)5-6-16(29)14(20)3/h5-6,8,10-11,15,29H,4,7,9,12H2,1-3H3,(H,25,31)(H,23,24,26)/t15-/m1/s1. The molecule has 1 saturated heterocycles. The van der Waals surface area contributed by atoms with Gasteiger partial charge in [-0.15, -0.1) is 0 Å². The van der Waals surface area contributed by atoms with E-state index in [1.54, 1.807) is 19.1 Å². The molecule has 3 N–H and O–H groups in total. The highest BCUT2D eigenvalue weighted by Gasteiger charge is 2.27. The topological polar surface area (TPSA) is 112 Å². The van der Waals surface area contributed by atoms with Gasteiger partial charge in [0.15, 0.2) is 10.9 Å². The number of likely N-dealkylation sites (tertiary alicyclic amines) is 1. The molecule has 10 heteroatoms. The fourth-order valence-corrected chi connectivity index (χ4v) is 4.48. The maximum Gasteiger partial charge on any atom is 0.267 e. The monoisotopic (exact) mass is 454 g/mol. The second kappa shape index (κ2) is 8.99. The quantitative estimate of drug-likeness (QED) is 0.522. The average molecular weight is 455 g/mol. The number of thiazole rings is 1. The number of carbonyl (C=O) groups is 2. The Hall–Kier alpha value is -3.40. The van der Waals surface area contributed by atoms with Gasteiger partial charge in [0.1, 0.15) is 10.6 Å². The maximum absolute atomic E-state index is 12.7. The summed E-state index contributed by atoms with van der Waals surface area (Å²) in [6.07, 6.45) is 4.80. The van der Waals surface area contributed by atoms with E-state index in [-0.39, 0.29) is 23.6 Å². The van der Waals surface area contributed by atoms with E-state index in [1.165, 1.54) is 17.5 Å². The summed E-state index contributed by atoms with van der Waals surface area (Å²) >= 11 is 1.22. The van der Waals surface area contributed by atoms with Crippen LogP contribution in [-0.4, -0.2) is 49.7 Å².